The van der Waals surface area contributed by atoms with Gasteiger partial charge in [-0.3, -0.25) is 14.3 Å². The molecule has 7 heteroatoms. The molecular formula is C11H15IN2O4. The van der Waals surface area contributed by atoms with Crippen molar-refractivity contribution in [2.75, 3.05) is 13.2 Å². The number of halogens is 1. The van der Waals surface area contributed by atoms with E-state index in [0.717, 1.165) is 0 Å². The van der Waals surface area contributed by atoms with Crippen molar-refractivity contribution in [3.63, 3.8) is 0 Å². The first kappa shape index (κ1) is 13.8. The smallest absolute Gasteiger partial charge is 0.328 e. The zero-order valence-corrected chi connectivity index (χ0v) is 11.8. The molecule has 1 saturated carbocycles. The number of nitrogens with one attached hydrogen (secondary N) is 1. The third-order valence-corrected chi connectivity index (χ3v) is 4.37. The molecule has 3 atom stereocenters. The Morgan fingerprint density at radius 3 is 2.33 bits per heavy atom. The van der Waals surface area contributed by atoms with Crippen molar-refractivity contribution in [1.29, 1.82) is 0 Å². The molecule has 1 aromatic heterocycles. The van der Waals surface area contributed by atoms with Gasteiger partial charge in [0, 0.05) is 25.5 Å². The molecular weight excluding hydrogens is 351 g/mol. The second kappa shape index (κ2) is 5.54. The highest BCUT2D eigenvalue weighted by Crippen LogP contribution is 2.38. The quantitative estimate of drug-likeness (QED) is 0.640. The van der Waals surface area contributed by atoms with E-state index in [2.05, 4.69) is 4.98 Å². The first-order valence-corrected chi connectivity index (χ1v) is 6.87. The molecule has 3 N–H and O–H groups in total. The van der Waals surface area contributed by atoms with Gasteiger partial charge in [-0.25, -0.2) is 4.79 Å². The fourth-order valence-electron chi connectivity index (χ4n) is 2.59. The van der Waals surface area contributed by atoms with Crippen LogP contribution in [0.4, 0.5) is 0 Å². The van der Waals surface area contributed by atoms with E-state index in [-0.39, 0.29) is 36.7 Å². The molecule has 18 heavy (non-hydrogen) atoms. The van der Waals surface area contributed by atoms with Crippen LogP contribution < -0.4 is 11.2 Å². The minimum Gasteiger partial charge on any atom is -0.396 e. The molecule has 1 fully saturated rings. The Labute approximate surface area is 117 Å². The van der Waals surface area contributed by atoms with E-state index in [1.165, 1.54) is 4.57 Å². The standard InChI is InChI=1S/C11H15IN2O4/c12-9-3-14(11(18)13-10(9)17)8-1-6(4-15)7(2-8)5-16/h3,6-8,15-16H,1-2,4-5H2,(H,13,17,18)/t6-,7+,8?. The highest BCUT2D eigenvalue weighted by molar-refractivity contribution is 14.1. The average Bonchev–Trinajstić information content (AvgIpc) is 2.76. The number of H-pyrrole nitrogens is 1. The minimum absolute atomic E-state index is 0.0106. The lowest BCUT2D eigenvalue weighted by Crippen LogP contribution is -2.33. The summed E-state index contributed by atoms with van der Waals surface area (Å²) in [6, 6.07) is -0.0721. The number of aromatic amines is 1. The summed E-state index contributed by atoms with van der Waals surface area (Å²) in [5, 5.41) is 18.5. The van der Waals surface area contributed by atoms with Gasteiger partial charge in [-0.1, -0.05) is 0 Å². The number of aliphatic hydroxyl groups is 2. The Morgan fingerprint density at radius 1 is 1.28 bits per heavy atom. The van der Waals surface area contributed by atoms with Gasteiger partial charge in [0.15, 0.2) is 0 Å². The number of aliphatic hydroxyl groups excluding tert-OH is 2. The molecule has 0 aromatic carbocycles. The van der Waals surface area contributed by atoms with Gasteiger partial charge in [0.1, 0.15) is 0 Å². The van der Waals surface area contributed by atoms with Crippen LogP contribution in [-0.2, 0) is 0 Å². The van der Waals surface area contributed by atoms with Crippen LogP contribution in [0.1, 0.15) is 18.9 Å². The molecule has 6 nitrogen and oxygen atoms in total. The Hall–Kier alpha value is -0.670. The minimum atomic E-state index is -0.430. The Kier molecular flexibility index (Phi) is 4.23. The molecule has 1 aromatic rings. The van der Waals surface area contributed by atoms with E-state index in [1.54, 1.807) is 6.20 Å². The predicted octanol–water partition coefficient (Wildman–Crippen LogP) is -0.307. The summed E-state index contributed by atoms with van der Waals surface area (Å²) >= 11 is 1.88. The van der Waals surface area contributed by atoms with Crippen LogP contribution in [0.15, 0.2) is 15.8 Å². The van der Waals surface area contributed by atoms with E-state index < -0.39 is 5.69 Å². The Morgan fingerprint density at radius 2 is 1.83 bits per heavy atom. The predicted molar refractivity (Wildman–Crippen MR) is 73.5 cm³/mol. The van der Waals surface area contributed by atoms with Crippen molar-refractivity contribution in [3.05, 3.63) is 30.6 Å². The van der Waals surface area contributed by atoms with E-state index in [4.69, 9.17) is 0 Å². The summed E-state index contributed by atoms with van der Waals surface area (Å²) in [5.74, 6) is 0.0213. The molecule has 0 aliphatic heterocycles. The normalized spacial score (nSPS) is 27.6. The van der Waals surface area contributed by atoms with Crippen molar-refractivity contribution < 1.29 is 10.2 Å². The zero-order chi connectivity index (χ0) is 13.3. The summed E-state index contributed by atoms with van der Waals surface area (Å²) in [6.45, 7) is 0.0217. The van der Waals surface area contributed by atoms with Gasteiger partial charge >= 0.3 is 5.69 Å². The lowest BCUT2D eigenvalue weighted by atomic mass is 9.98. The second-order valence-corrected chi connectivity index (χ2v) is 5.82. The fraction of sp³-hybridized carbons (Fsp3) is 0.636. The van der Waals surface area contributed by atoms with E-state index in [9.17, 15) is 19.8 Å². The molecule has 0 radical (unpaired) electrons. The van der Waals surface area contributed by atoms with Crippen LogP contribution in [0, 0.1) is 15.4 Å². The maximum atomic E-state index is 11.7. The maximum absolute atomic E-state index is 11.7. The molecule has 1 aliphatic carbocycles. The zero-order valence-electron chi connectivity index (χ0n) is 9.67. The first-order valence-electron chi connectivity index (χ1n) is 5.79. The molecule has 1 unspecified atom stereocenters. The van der Waals surface area contributed by atoms with Crippen molar-refractivity contribution in [1.82, 2.24) is 9.55 Å². The third kappa shape index (κ3) is 2.52. The van der Waals surface area contributed by atoms with Gasteiger partial charge in [-0.2, -0.15) is 0 Å². The molecule has 0 saturated heterocycles. The highest BCUT2D eigenvalue weighted by atomic mass is 127. The number of nitrogens with zero attached hydrogens (tertiary/aromatic N) is 1. The first-order chi connectivity index (χ1) is 8.56. The highest BCUT2D eigenvalue weighted by Gasteiger charge is 2.34. The summed E-state index contributed by atoms with van der Waals surface area (Å²) in [4.78, 5) is 25.3. The van der Waals surface area contributed by atoms with Crippen molar-refractivity contribution in [2.24, 2.45) is 11.8 Å². The van der Waals surface area contributed by atoms with Crippen LogP contribution in [-0.4, -0.2) is 33.0 Å². The van der Waals surface area contributed by atoms with Gasteiger partial charge in [-0.05, 0) is 47.3 Å². The largest absolute Gasteiger partial charge is 0.396 e. The van der Waals surface area contributed by atoms with Gasteiger partial charge < -0.3 is 10.2 Å². The van der Waals surface area contributed by atoms with Gasteiger partial charge in [-0.15, -0.1) is 0 Å². The van der Waals surface area contributed by atoms with Gasteiger partial charge in [0.2, 0.25) is 0 Å². The number of rotatable bonds is 3. The average molecular weight is 366 g/mol. The Balaban J connectivity index is 2.31. The SMILES string of the molecule is O=c1[nH]c(=O)n(C2C[C@@H](CO)[C@@H](CO)C2)cc1I. The molecule has 1 aliphatic rings. The second-order valence-electron chi connectivity index (χ2n) is 4.65. The third-order valence-electron chi connectivity index (χ3n) is 3.60. The monoisotopic (exact) mass is 366 g/mol. The number of hydrogen-bond acceptors (Lipinski definition) is 4. The van der Waals surface area contributed by atoms with E-state index in [1.807, 2.05) is 22.6 Å². The van der Waals surface area contributed by atoms with Crippen LogP contribution in [0.3, 0.4) is 0 Å². The molecule has 1 heterocycles. The fourth-order valence-corrected chi connectivity index (χ4v) is 3.02. The maximum Gasteiger partial charge on any atom is 0.328 e. The Bertz CT molecular complexity index is 527. The topological polar surface area (TPSA) is 95.3 Å². The van der Waals surface area contributed by atoms with E-state index >= 15 is 0 Å². The summed E-state index contributed by atoms with van der Waals surface area (Å²) in [7, 11) is 0. The van der Waals surface area contributed by atoms with Crippen LogP contribution in [0.2, 0.25) is 0 Å². The number of hydrogen-bond donors (Lipinski definition) is 3. The van der Waals surface area contributed by atoms with Crippen LogP contribution in [0.25, 0.3) is 0 Å². The molecule has 0 amide bonds. The van der Waals surface area contributed by atoms with Crippen LogP contribution in [0.5, 0.6) is 0 Å². The van der Waals surface area contributed by atoms with Crippen LogP contribution >= 0.6 is 22.6 Å². The summed E-state index contributed by atoms with van der Waals surface area (Å²) in [6.07, 6.45) is 2.83. The lowest BCUT2D eigenvalue weighted by Gasteiger charge is -2.13. The lowest BCUT2D eigenvalue weighted by molar-refractivity contribution is 0.141. The number of aromatic nitrogens is 2. The van der Waals surface area contributed by atoms with E-state index in [0.29, 0.717) is 16.4 Å². The summed E-state index contributed by atoms with van der Waals surface area (Å²) < 4.78 is 1.96. The molecule has 2 rings (SSSR count). The summed E-state index contributed by atoms with van der Waals surface area (Å²) in [5.41, 5.74) is -0.812. The van der Waals surface area contributed by atoms with Crippen molar-refractivity contribution >= 4 is 22.6 Å². The molecule has 0 spiro atoms. The van der Waals surface area contributed by atoms with Crippen molar-refractivity contribution in [3.8, 4) is 0 Å². The van der Waals surface area contributed by atoms with Crippen molar-refractivity contribution in [2.45, 2.75) is 18.9 Å². The van der Waals surface area contributed by atoms with Gasteiger partial charge in [0.25, 0.3) is 5.56 Å². The molecule has 100 valence electrons. The molecule has 0 bridgehead atoms. The van der Waals surface area contributed by atoms with Gasteiger partial charge in [0.05, 0.1) is 3.57 Å².